The number of hydrogen-bond acceptors (Lipinski definition) is 3. The molecule has 1 amide bonds. The van der Waals surface area contributed by atoms with Gasteiger partial charge in [0.25, 0.3) is 0 Å². The molecule has 0 saturated carbocycles. The molecule has 0 fully saturated rings. The average Bonchev–Trinajstić information content (AvgIpc) is 2.38. The zero-order valence-electron chi connectivity index (χ0n) is 12.4. The molecule has 0 radical (unpaired) electrons. The highest BCUT2D eigenvalue weighted by molar-refractivity contribution is 7.89. The standard InChI is InChI=1S/C14H22N2O3S/c1-5-15-14(17)10-16(6-2)20(18,19)13-9-11(3)7-8-12(13)4/h7-9H,5-6,10H2,1-4H3,(H,15,17). The molecule has 1 N–H and O–H groups in total. The van der Waals surface area contributed by atoms with Crippen LogP contribution in [0.3, 0.4) is 0 Å². The Labute approximate surface area is 121 Å². The van der Waals surface area contributed by atoms with E-state index >= 15 is 0 Å². The summed E-state index contributed by atoms with van der Waals surface area (Å²) in [6.45, 7) is 7.72. The molecule has 0 spiro atoms. The van der Waals surface area contributed by atoms with Crippen LogP contribution in [0, 0.1) is 13.8 Å². The fourth-order valence-electron chi connectivity index (χ4n) is 1.90. The topological polar surface area (TPSA) is 66.5 Å². The maximum Gasteiger partial charge on any atom is 0.243 e. The van der Waals surface area contributed by atoms with Gasteiger partial charge in [-0.3, -0.25) is 4.79 Å². The van der Waals surface area contributed by atoms with Gasteiger partial charge in [0, 0.05) is 13.1 Å². The summed E-state index contributed by atoms with van der Waals surface area (Å²) >= 11 is 0. The van der Waals surface area contributed by atoms with Gasteiger partial charge in [-0.05, 0) is 38.0 Å². The summed E-state index contributed by atoms with van der Waals surface area (Å²) in [5.74, 6) is -0.289. The molecule has 0 saturated heterocycles. The van der Waals surface area contributed by atoms with E-state index in [2.05, 4.69) is 5.32 Å². The average molecular weight is 298 g/mol. The second-order valence-electron chi connectivity index (χ2n) is 4.65. The number of carbonyl (C=O) groups is 1. The third kappa shape index (κ3) is 3.80. The third-order valence-electron chi connectivity index (χ3n) is 3.01. The Morgan fingerprint density at radius 2 is 1.90 bits per heavy atom. The SMILES string of the molecule is CCNC(=O)CN(CC)S(=O)(=O)c1cc(C)ccc1C. The van der Waals surface area contributed by atoms with E-state index in [9.17, 15) is 13.2 Å². The van der Waals surface area contributed by atoms with Crippen molar-refractivity contribution in [2.45, 2.75) is 32.6 Å². The number of hydrogen-bond donors (Lipinski definition) is 1. The molecule has 0 aliphatic carbocycles. The van der Waals surface area contributed by atoms with E-state index in [0.29, 0.717) is 12.1 Å². The van der Waals surface area contributed by atoms with Gasteiger partial charge in [0.05, 0.1) is 11.4 Å². The van der Waals surface area contributed by atoms with Gasteiger partial charge < -0.3 is 5.32 Å². The van der Waals surface area contributed by atoms with Crippen molar-refractivity contribution in [1.29, 1.82) is 0 Å². The molecule has 20 heavy (non-hydrogen) atoms. The molecule has 6 heteroatoms. The number of amides is 1. The Morgan fingerprint density at radius 3 is 2.45 bits per heavy atom. The Hall–Kier alpha value is -1.40. The molecular formula is C14H22N2O3S. The fourth-order valence-corrected chi connectivity index (χ4v) is 3.62. The van der Waals surface area contributed by atoms with E-state index in [0.717, 1.165) is 5.56 Å². The molecule has 0 bridgehead atoms. The van der Waals surface area contributed by atoms with Gasteiger partial charge in [-0.2, -0.15) is 4.31 Å². The molecular weight excluding hydrogens is 276 g/mol. The maximum atomic E-state index is 12.6. The van der Waals surface area contributed by atoms with Crippen molar-refractivity contribution < 1.29 is 13.2 Å². The van der Waals surface area contributed by atoms with Crippen molar-refractivity contribution in [3.05, 3.63) is 29.3 Å². The zero-order valence-corrected chi connectivity index (χ0v) is 13.3. The lowest BCUT2D eigenvalue weighted by Crippen LogP contribution is -2.40. The van der Waals surface area contributed by atoms with Crippen molar-refractivity contribution in [2.24, 2.45) is 0 Å². The number of rotatable bonds is 6. The van der Waals surface area contributed by atoms with Gasteiger partial charge in [0.2, 0.25) is 15.9 Å². The monoisotopic (exact) mass is 298 g/mol. The molecule has 0 aliphatic heterocycles. The quantitative estimate of drug-likeness (QED) is 0.864. The molecule has 1 rings (SSSR count). The van der Waals surface area contributed by atoms with Gasteiger partial charge in [0.15, 0.2) is 0 Å². The minimum Gasteiger partial charge on any atom is -0.355 e. The van der Waals surface area contributed by atoms with Gasteiger partial charge in [-0.15, -0.1) is 0 Å². The van der Waals surface area contributed by atoms with E-state index in [1.165, 1.54) is 4.31 Å². The maximum absolute atomic E-state index is 12.6. The van der Waals surface area contributed by atoms with Crippen molar-refractivity contribution in [1.82, 2.24) is 9.62 Å². The number of likely N-dealkylation sites (N-methyl/N-ethyl adjacent to an activating group) is 2. The lowest BCUT2D eigenvalue weighted by molar-refractivity contribution is -0.121. The minimum atomic E-state index is -3.65. The number of benzene rings is 1. The Balaban J connectivity index is 3.12. The number of carbonyl (C=O) groups excluding carboxylic acids is 1. The minimum absolute atomic E-state index is 0.153. The molecule has 0 aromatic heterocycles. The normalized spacial score (nSPS) is 11.7. The Morgan fingerprint density at radius 1 is 1.25 bits per heavy atom. The lowest BCUT2D eigenvalue weighted by atomic mass is 10.2. The first-order valence-corrected chi connectivity index (χ1v) is 8.11. The van der Waals surface area contributed by atoms with Crippen LogP contribution < -0.4 is 5.32 Å². The molecule has 5 nitrogen and oxygen atoms in total. The van der Waals surface area contributed by atoms with Gasteiger partial charge >= 0.3 is 0 Å². The Bertz CT molecular complexity index is 582. The van der Waals surface area contributed by atoms with Crippen LogP contribution in [-0.4, -0.2) is 38.3 Å². The number of nitrogens with one attached hydrogen (secondary N) is 1. The first kappa shape index (κ1) is 16.7. The second-order valence-corrected chi connectivity index (χ2v) is 6.56. The third-order valence-corrected chi connectivity index (χ3v) is 5.07. The molecule has 0 aliphatic rings. The Kier molecular flexibility index (Phi) is 5.71. The van der Waals surface area contributed by atoms with Crippen LogP contribution in [0.5, 0.6) is 0 Å². The number of nitrogens with zero attached hydrogens (tertiary/aromatic N) is 1. The largest absolute Gasteiger partial charge is 0.355 e. The summed E-state index contributed by atoms with van der Waals surface area (Å²) < 4.78 is 26.4. The number of sulfonamides is 1. The van der Waals surface area contributed by atoms with Gasteiger partial charge in [-0.25, -0.2) is 8.42 Å². The summed E-state index contributed by atoms with van der Waals surface area (Å²) in [6, 6.07) is 5.29. The molecule has 112 valence electrons. The first-order valence-electron chi connectivity index (χ1n) is 6.67. The summed E-state index contributed by atoms with van der Waals surface area (Å²) in [7, 11) is -3.65. The molecule has 1 aromatic carbocycles. The summed E-state index contributed by atoms with van der Waals surface area (Å²) in [5.41, 5.74) is 1.56. The van der Waals surface area contributed by atoms with Crippen LogP contribution in [0.4, 0.5) is 0 Å². The van der Waals surface area contributed by atoms with Gasteiger partial charge in [-0.1, -0.05) is 19.1 Å². The van der Waals surface area contributed by atoms with Crippen LogP contribution in [0.25, 0.3) is 0 Å². The summed E-state index contributed by atoms with van der Waals surface area (Å²) in [5, 5.41) is 2.61. The van der Waals surface area contributed by atoms with Crippen molar-refractivity contribution in [3.8, 4) is 0 Å². The predicted octanol–water partition coefficient (Wildman–Crippen LogP) is 1.45. The number of aryl methyl sites for hydroxylation is 2. The summed E-state index contributed by atoms with van der Waals surface area (Å²) in [6.07, 6.45) is 0. The highest BCUT2D eigenvalue weighted by atomic mass is 32.2. The highest BCUT2D eigenvalue weighted by Gasteiger charge is 2.26. The lowest BCUT2D eigenvalue weighted by Gasteiger charge is -2.21. The van der Waals surface area contributed by atoms with Crippen molar-refractivity contribution in [3.63, 3.8) is 0 Å². The molecule has 0 heterocycles. The smallest absolute Gasteiger partial charge is 0.243 e. The van der Waals surface area contributed by atoms with Crippen LogP contribution in [-0.2, 0) is 14.8 Å². The summed E-state index contributed by atoms with van der Waals surface area (Å²) in [4.78, 5) is 11.9. The molecule has 0 atom stereocenters. The second kappa shape index (κ2) is 6.85. The van der Waals surface area contributed by atoms with E-state index in [1.807, 2.05) is 13.0 Å². The van der Waals surface area contributed by atoms with Crippen LogP contribution in [0.15, 0.2) is 23.1 Å². The van der Waals surface area contributed by atoms with Crippen molar-refractivity contribution >= 4 is 15.9 Å². The fraction of sp³-hybridized carbons (Fsp3) is 0.500. The molecule has 1 aromatic rings. The van der Waals surface area contributed by atoms with Crippen LogP contribution >= 0.6 is 0 Å². The van der Waals surface area contributed by atoms with E-state index in [-0.39, 0.29) is 23.9 Å². The van der Waals surface area contributed by atoms with E-state index in [4.69, 9.17) is 0 Å². The molecule has 0 unspecified atom stereocenters. The highest BCUT2D eigenvalue weighted by Crippen LogP contribution is 2.20. The van der Waals surface area contributed by atoms with Crippen molar-refractivity contribution in [2.75, 3.05) is 19.6 Å². The van der Waals surface area contributed by atoms with Crippen LogP contribution in [0.1, 0.15) is 25.0 Å². The van der Waals surface area contributed by atoms with E-state index < -0.39 is 10.0 Å². The first-order chi connectivity index (χ1) is 9.32. The van der Waals surface area contributed by atoms with Crippen LogP contribution in [0.2, 0.25) is 0 Å². The van der Waals surface area contributed by atoms with Gasteiger partial charge in [0.1, 0.15) is 0 Å². The zero-order chi connectivity index (χ0) is 15.3. The predicted molar refractivity (Wildman–Crippen MR) is 79.0 cm³/mol. The van der Waals surface area contributed by atoms with E-state index in [1.54, 1.807) is 32.9 Å².